The van der Waals surface area contributed by atoms with Crippen LogP contribution < -0.4 is 11.3 Å². The normalized spacial score (nSPS) is 9.95. The van der Waals surface area contributed by atoms with Crippen LogP contribution in [0.3, 0.4) is 0 Å². The molecule has 1 heterocycles. The molecule has 100 valence electrons. The van der Waals surface area contributed by atoms with Crippen LogP contribution in [0.25, 0.3) is 0 Å². The second kappa shape index (κ2) is 5.41. The zero-order valence-corrected chi connectivity index (χ0v) is 10.7. The van der Waals surface area contributed by atoms with Gasteiger partial charge < -0.3 is 10.7 Å². The Morgan fingerprint density at radius 1 is 1.45 bits per heavy atom. The van der Waals surface area contributed by atoms with Gasteiger partial charge >= 0.3 is 0 Å². The van der Waals surface area contributed by atoms with E-state index in [1.165, 1.54) is 12.1 Å². The Morgan fingerprint density at radius 2 is 2.20 bits per heavy atom. The van der Waals surface area contributed by atoms with Crippen LogP contribution in [0.15, 0.2) is 39.1 Å². The molecule has 0 aliphatic carbocycles. The summed E-state index contributed by atoms with van der Waals surface area (Å²) >= 11 is 0.892. The molecule has 0 bridgehead atoms. The molecule has 8 nitrogen and oxygen atoms in total. The number of nitrogens with zero attached hydrogens (tertiary/aromatic N) is 3. The molecule has 1 aromatic heterocycles. The van der Waals surface area contributed by atoms with Crippen molar-refractivity contribution >= 4 is 23.3 Å². The van der Waals surface area contributed by atoms with Gasteiger partial charge in [0.25, 0.3) is 11.2 Å². The fraction of sp³-hybridized carbons (Fsp3) is 0. The van der Waals surface area contributed by atoms with E-state index < -0.39 is 10.5 Å². The highest BCUT2D eigenvalue weighted by Crippen LogP contribution is 2.33. The Bertz CT molecular complexity index is 780. The van der Waals surface area contributed by atoms with Gasteiger partial charge in [-0.15, -0.1) is 0 Å². The minimum atomic E-state index is -0.604. The summed E-state index contributed by atoms with van der Waals surface area (Å²) in [6.07, 6.45) is 0. The van der Waals surface area contributed by atoms with Crippen LogP contribution in [0.2, 0.25) is 0 Å². The molecule has 9 heteroatoms. The molecule has 0 saturated carbocycles. The first-order chi connectivity index (χ1) is 9.49. The van der Waals surface area contributed by atoms with E-state index in [9.17, 15) is 14.9 Å². The lowest BCUT2D eigenvalue weighted by atomic mass is 10.2. The molecule has 0 spiro atoms. The third kappa shape index (κ3) is 2.93. The maximum Gasteiger partial charge on any atom is 0.284 e. The number of hydrogen-bond donors (Lipinski definition) is 2. The van der Waals surface area contributed by atoms with Gasteiger partial charge in [-0.05, 0) is 23.9 Å². The number of rotatable bonds is 3. The number of H-pyrrole nitrogens is 1. The van der Waals surface area contributed by atoms with E-state index >= 15 is 0 Å². The minimum absolute atomic E-state index is 0.0209. The number of hydrogen-bond acceptors (Lipinski definition) is 7. The topological polar surface area (TPSA) is 139 Å². The average Bonchev–Trinajstić information content (AvgIpc) is 2.37. The molecule has 0 amide bonds. The average molecular weight is 289 g/mol. The highest BCUT2D eigenvalue weighted by Gasteiger charge is 2.17. The Balaban J connectivity index is 2.45. The van der Waals surface area contributed by atoms with Crippen molar-refractivity contribution in [3.8, 4) is 6.07 Å². The predicted molar refractivity (Wildman–Crippen MR) is 71.2 cm³/mol. The number of nitrogens with two attached hydrogens (primary N) is 1. The van der Waals surface area contributed by atoms with Crippen LogP contribution in [-0.4, -0.2) is 14.9 Å². The van der Waals surface area contributed by atoms with E-state index in [-0.39, 0.29) is 27.1 Å². The SMILES string of the molecule is N#Cc1ccc(Sc2nc(N)cc(=O)[nH]2)c([N+](=O)[O-])c1. The first-order valence-electron chi connectivity index (χ1n) is 5.23. The molecular formula is C11H7N5O3S. The molecule has 1 aromatic carbocycles. The van der Waals surface area contributed by atoms with Crippen LogP contribution in [-0.2, 0) is 0 Å². The number of anilines is 1. The lowest BCUT2D eigenvalue weighted by molar-refractivity contribution is -0.387. The Kier molecular flexibility index (Phi) is 3.67. The van der Waals surface area contributed by atoms with E-state index in [4.69, 9.17) is 11.0 Å². The van der Waals surface area contributed by atoms with E-state index in [1.807, 2.05) is 6.07 Å². The zero-order valence-electron chi connectivity index (χ0n) is 9.86. The summed E-state index contributed by atoms with van der Waals surface area (Å²) in [7, 11) is 0. The third-order valence-electron chi connectivity index (χ3n) is 2.23. The van der Waals surface area contributed by atoms with Gasteiger partial charge in [0.15, 0.2) is 5.16 Å². The Labute approximate surface area is 116 Å². The van der Waals surface area contributed by atoms with Gasteiger partial charge in [-0.25, -0.2) is 4.98 Å². The van der Waals surface area contributed by atoms with Crippen molar-refractivity contribution in [3.05, 3.63) is 50.3 Å². The molecule has 20 heavy (non-hydrogen) atoms. The van der Waals surface area contributed by atoms with Crippen LogP contribution in [0.4, 0.5) is 11.5 Å². The maximum absolute atomic E-state index is 11.3. The van der Waals surface area contributed by atoms with E-state index in [0.29, 0.717) is 0 Å². The summed E-state index contributed by atoms with van der Waals surface area (Å²) in [5.74, 6) is 0.0209. The number of nitriles is 1. The van der Waals surface area contributed by atoms with Crippen LogP contribution in [0, 0.1) is 21.4 Å². The van der Waals surface area contributed by atoms with Gasteiger partial charge in [0.2, 0.25) is 0 Å². The van der Waals surface area contributed by atoms with Gasteiger partial charge in [-0.2, -0.15) is 5.26 Å². The molecule has 0 atom stereocenters. The number of nitrogen functional groups attached to an aromatic ring is 1. The molecule has 0 unspecified atom stereocenters. The van der Waals surface area contributed by atoms with Gasteiger partial charge in [0.05, 0.1) is 21.5 Å². The number of aromatic nitrogens is 2. The van der Waals surface area contributed by atoms with Crippen molar-refractivity contribution in [1.82, 2.24) is 9.97 Å². The van der Waals surface area contributed by atoms with Gasteiger partial charge in [0.1, 0.15) is 5.82 Å². The maximum atomic E-state index is 11.3. The van der Waals surface area contributed by atoms with E-state index in [1.54, 1.807) is 0 Å². The highest BCUT2D eigenvalue weighted by molar-refractivity contribution is 7.99. The van der Waals surface area contributed by atoms with Crippen LogP contribution in [0.5, 0.6) is 0 Å². The van der Waals surface area contributed by atoms with Crippen molar-refractivity contribution in [2.24, 2.45) is 0 Å². The van der Waals surface area contributed by atoms with E-state index in [0.717, 1.165) is 23.9 Å². The molecule has 3 N–H and O–H groups in total. The Morgan fingerprint density at radius 3 is 2.80 bits per heavy atom. The zero-order chi connectivity index (χ0) is 14.7. The lowest BCUT2D eigenvalue weighted by Crippen LogP contribution is -2.09. The predicted octanol–water partition coefficient (Wildman–Crippen LogP) is 1.28. The Hall–Kier alpha value is -2.86. The fourth-order valence-corrected chi connectivity index (χ4v) is 2.31. The van der Waals surface area contributed by atoms with Crippen molar-refractivity contribution < 1.29 is 4.92 Å². The molecular weight excluding hydrogens is 282 g/mol. The molecule has 0 radical (unpaired) electrons. The smallest absolute Gasteiger partial charge is 0.284 e. The number of nitro benzene ring substituents is 1. The molecule has 2 aromatic rings. The molecule has 0 saturated heterocycles. The molecule has 0 aliphatic rings. The van der Waals surface area contributed by atoms with Crippen LogP contribution in [0.1, 0.15) is 5.56 Å². The lowest BCUT2D eigenvalue weighted by Gasteiger charge is -2.03. The van der Waals surface area contributed by atoms with Crippen molar-refractivity contribution in [1.29, 1.82) is 5.26 Å². The quantitative estimate of drug-likeness (QED) is 0.493. The monoisotopic (exact) mass is 289 g/mol. The number of benzene rings is 1. The largest absolute Gasteiger partial charge is 0.383 e. The number of nitrogens with one attached hydrogen (secondary N) is 1. The van der Waals surface area contributed by atoms with Crippen molar-refractivity contribution in [3.63, 3.8) is 0 Å². The summed E-state index contributed by atoms with van der Waals surface area (Å²) in [5, 5.41) is 19.9. The molecule has 0 fully saturated rings. The summed E-state index contributed by atoms with van der Waals surface area (Å²) < 4.78 is 0. The first-order valence-corrected chi connectivity index (χ1v) is 6.04. The standard InChI is InChI=1S/C11H7N5O3S/c12-5-6-1-2-8(7(3-6)16(18)19)20-11-14-9(13)4-10(17)15-11/h1-4H,(H3,13,14,15,17). The second-order valence-electron chi connectivity index (χ2n) is 3.63. The van der Waals surface area contributed by atoms with Gasteiger partial charge in [-0.3, -0.25) is 14.9 Å². The molecule has 0 aliphatic heterocycles. The minimum Gasteiger partial charge on any atom is -0.383 e. The summed E-state index contributed by atoms with van der Waals surface area (Å²) in [6.45, 7) is 0. The van der Waals surface area contributed by atoms with Crippen molar-refractivity contribution in [2.75, 3.05) is 5.73 Å². The molecule has 2 rings (SSSR count). The van der Waals surface area contributed by atoms with E-state index in [2.05, 4.69) is 9.97 Å². The third-order valence-corrected chi connectivity index (χ3v) is 3.18. The summed E-state index contributed by atoms with van der Waals surface area (Å²) in [5.41, 5.74) is 4.93. The number of aromatic amines is 1. The van der Waals surface area contributed by atoms with Gasteiger partial charge in [0, 0.05) is 12.1 Å². The summed E-state index contributed by atoms with van der Waals surface area (Å²) in [6, 6.07) is 6.96. The summed E-state index contributed by atoms with van der Waals surface area (Å²) in [4.78, 5) is 28.2. The van der Waals surface area contributed by atoms with Crippen LogP contribution >= 0.6 is 11.8 Å². The highest BCUT2D eigenvalue weighted by atomic mass is 32.2. The first kappa shape index (κ1) is 13.6. The van der Waals surface area contributed by atoms with Gasteiger partial charge in [-0.1, -0.05) is 0 Å². The van der Waals surface area contributed by atoms with Crippen molar-refractivity contribution in [2.45, 2.75) is 10.1 Å². The second-order valence-corrected chi connectivity index (χ2v) is 4.66. The number of nitro groups is 1. The fourth-order valence-electron chi connectivity index (χ4n) is 1.42.